The molecule has 0 bridgehead atoms. The number of carbonyl (C=O) groups is 1. The molecule has 1 saturated heterocycles. The molecule has 6 heteroatoms. The van der Waals surface area contributed by atoms with E-state index in [1.54, 1.807) is 4.90 Å². The fourth-order valence-electron chi connectivity index (χ4n) is 2.86. The molecular weight excluding hydrogens is 326 g/mol. The largest absolute Gasteiger partial charge is 0.378 e. The summed E-state index contributed by atoms with van der Waals surface area (Å²) < 4.78 is 32.6. The number of hydrogen-bond acceptors (Lipinski definition) is 3. The second kappa shape index (κ2) is 8.18. The summed E-state index contributed by atoms with van der Waals surface area (Å²) in [4.78, 5) is 14.6. The quantitative estimate of drug-likeness (QED) is 0.905. The van der Waals surface area contributed by atoms with Crippen LogP contribution in [-0.2, 0) is 16.1 Å². The second-order valence-electron chi connectivity index (χ2n) is 5.88. The summed E-state index contributed by atoms with van der Waals surface area (Å²) in [6, 6.07) is 12.7. The lowest BCUT2D eigenvalue weighted by molar-refractivity contribution is -0.137. The molecule has 1 unspecified atom stereocenters. The molecule has 1 N–H and O–H groups in total. The number of nitrogens with one attached hydrogen (secondary N) is 1. The van der Waals surface area contributed by atoms with Gasteiger partial charge in [-0.25, -0.2) is 8.78 Å². The van der Waals surface area contributed by atoms with Crippen LogP contribution in [0.25, 0.3) is 0 Å². The Morgan fingerprint density at radius 3 is 2.52 bits per heavy atom. The number of nitrogens with zero attached hydrogens (tertiary/aromatic N) is 1. The van der Waals surface area contributed by atoms with E-state index >= 15 is 0 Å². The molecule has 0 aromatic heterocycles. The highest BCUT2D eigenvalue weighted by Gasteiger charge is 2.27. The van der Waals surface area contributed by atoms with Crippen LogP contribution in [0.3, 0.4) is 0 Å². The van der Waals surface area contributed by atoms with Crippen LogP contribution in [0, 0.1) is 11.6 Å². The van der Waals surface area contributed by atoms with E-state index in [4.69, 9.17) is 4.74 Å². The van der Waals surface area contributed by atoms with Crippen molar-refractivity contribution in [3.05, 3.63) is 71.3 Å². The van der Waals surface area contributed by atoms with Crippen molar-refractivity contribution in [1.29, 1.82) is 0 Å². The smallest absolute Gasteiger partial charge is 0.244 e. The van der Waals surface area contributed by atoms with Gasteiger partial charge in [0.1, 0.15) is 6.04 Å². The van der Waals surface area contributed by atoms with Crippen LogP contribution in [0.2, 0.25) is 0 Å². The van der Waals surface area contributed by atoms with Crippen LogP contribution >= 0.6 is 0 Å². The maximum absolute atomic E-state index is 13.9. The normalized spacial score (nSPS) is 15.8. The van der Waals surface area contributed by atoms with Gasteiger partial charge in [-0.2, -0.15) is 0 Å². The summed E-state index contributed by atoms with van der Waals surface area (Å²) in [7, 11) is 0. The molecule has 1 aliphatic rings. The number of amides is 1. The molecule has 0 radical (unpaired) electrons. The molecule has 1 atom stereocenters. The van der Waals surface area contributed by atoms with Gasteiger partial charge in [-0.1, -0.05) is 42.5 Å². The Morgan fingerprint density at radius 1 is 1.08 bits per heavy atom. The van der Waals surface area contributed by atoms with Gasteiger partial charge in [0.05, 0.1) is 13.2 Å². The number of rotatable bonds is 5. The van der Waals surface area contributed by atoms with Crippen molar-refractivity contribution in [2.24, 2.45) is 0 Å². The van der Waals surface area contributed by atoms with E-state index < -0.39 is 17.7 Å². The van der Waals surface area contributed by atoms with E-state index in [9.17, 15) is 13.6 Å². The first kappa shape index (κ1) is 17.5. The lowest BCUT2D eigenvalue weighted by atomic mass is 10.0. The van der Waals surface area contributed by atoms with Crippen molar-refractivity contribution in [3.8, 4) is 0 Å². The minimum atomic E-state index is -0.893. The van der Waals surface area contributed by atoms with Crippen LogP contribution in [0.4, 0.5) is 8.78 Å². The zero-order valence-corrected chi connectivity index (χ0v) is 13.8. The molecule has 25 heavy (non-hydrogen) atoms. The van der Waals surface area contributed by atoms with Crippen LogP contribution in [-0.4, -0.2) is 37.1 Å². The number of ether oxygens (including phenoxy) is 1. The molecule has 1 amide bonds. The van der Waals surface area contributed by atoms with Gasteiger partial charge >= 0.3 is 0 Å². The molecule has 132 valence electrons. The number of carbonyl (C=O) groups excluding carboxylic acids is 1. The van der Waals surface area contributed by atoms with Crippen LogP contribution < -0.4 is 5.32 Å². The number of hydrogen-bond donors (Lipinski definition) is 1. The zero-order valence-electron chi connectivity index (χ0n) is 13.8. The summed E-state index contributed by atoms with van der Waals surface area (Å²) in [6.45, 7) is 2.12. The highest BCUT2D eigenvalue weighted by atomic mass is 19.2. The monoisotopic (exact) mass is 346 g/mol. The lowest BCUT2D eigenvalue weighted by Gasteiger charge is -2.31. The Hall–Kier alpha value is -2.31. The van der Waals surface area contributed by atoms with Crippen LogP contribution in [0.1, 0.15) is 17.2 Å². The molecule has 0 aliphatic carbocycles. The standard InChI is InChI=1S/C19H20F2N2O2/c20-16-8-4-7-15(17(16)21)13-22-18(14-5-2-1-3-6-14)19(24)23-9-11-25-12-10-23/h1-8,18,22H,9-13H2. The summed E-state index contributed by atoms with van der Waals surface area (Å²) in [6.07, 6.45) is 0. The van der Waals surface area contributed by atoms with Crippen LogP contribution in [0.5, 0.6) is 0 Å². The molecule has 2 aromatic rings. The molecule has 0 saturated carbocycles. The van der Waals surface area contributed by atoms with Crippen molar-refractivity contribution in [2.75, 3.05) is 26.3 Å². The third kappa shape index (κ3) is 4.21. The van der Waals surface area contributed by atoms with Crippen molar-refractivity contribution >= 4 is 5.91 Å². The van der Waals surface area contributed by atoms with E-state index in [0.717, 1.165) is 11.6 Å². The van der Waals surface area contributed by atoms with Crippen LogP contribution in [0.15, 0.2) is 48.5 Å². The molecular formula is C19H20F2N2O2. The number of morpholine rings is 1. The van der Waals surface area contributed by atoms with Crippen molar-refractivity contribution in [1.82, 2.24) is 10.2 Å². The predicted octanol–water partition coefficient (Wildman–Crippen LogP) is 2.65. The predicted molar refractivity (Wildman–Crippen MR) is 89.8 cm³/mol. The Bertz CT molecular complexity index is 719. The molecule has 1 heterocycles. The minimum absolute atomic E-state index is 0.0548. The Labute approximate surface area is 145 Å². The van der Waals surface area contributed by atoms with Gasteiger partial charge in [0.15, 0.2) is 11.6 Å². The minimum Gasteiger partial charge on any atom is -0.378 e. The van der Waals surface area contributed by atoms with E-state index in [-0.39, 0.29) is 18.0 Å². The zero-order chi connectivity index (χ0) is 17.6. The van der Waals surface area contributed by atoms with Gasteiger partial charge in [0.2, 0.25) is 5.91 Å². The Kier molecular flexibility index (Phi) is 5.73. The fraction of sp³-hybridized carbons (Fsp3) is 0.316. The summed E-state index contributed by atoms with van der Waals surface area (Å²) >= 11 is 0. The van der Waals surface area contributed by atoms with Crippen molar-refractivity contribution < 1.29 is 18.3 Å². The number of benzene rings is 2. The van der Waals surface area contributed by atoms with Gasteiger partial charge in [-0.15, -0.1) is 0 Å². The van der Waals surface area contributed by atoms with E-state index in [1.807, 2.05) is 30.3 Å². The average Bonchev–Trinajstić information content (AvgIpc) is 2.66. The van der Waals surface area contributed by atoms with Gasteiger partial charge in [0.25, 0.3) is 0 Å². The molecule has 3 rings (SSSR count). The lowest BCUT2D eigenvalue weighted by Crippen LogP contribution is -2.46. The van der Waals surface area contributed by atoms with Gasteiger partial charge < -0.3 is 9.64 Å². The average molecular weight is 346 g/mol. The maximum Gasteiger partial charge on any atom is 0.244 e. The van der Waals surface area contributed by atoms with Crippen molar-refractivity contribution in [3.63, 3.8) is 0 Å². The highest BCUT2D eigenvalue weighted by molar-refractivity contribution is 5.83. The summed E-state index contributed by atoms with van der Waals surface area (Å²) in [5.74, 6) is -1.87. The number of halogens is 2. The fourth-order valence-corrected chi connectivity index (χ4v) is 2.86. The molecule has 1 aliphatic heterocycles. The van der Waals surface area contributed by atoms with Crippen molar-refractivity contribution in [2.45, 2.75) is 12.6 Å². The van der Waals surface area contributed by atoms with E-state index in [0.29, 0.717) is 26.3 Å². The molecule has 4 nitrogen and oxygen atoms in total. The molecule has 2 aromatic carbocycles. The first-order valence-corrected chi connectivity index (χ1v) is 8.24. The van der Waals surface area contributed by atoms with Gasteiger partial charge in [-0.05, 0) is 11.6 Å². The highest BCUT2D eigenvalue weighted by Crippen LogP contribution is 2.19. The maximum atomic E-state index is 13.9. The Morgan fingerprint density at radius 2 is 1.80 bits per heavy atom. The van der Waals surface area contributed by atoms with Gasteiger partial charge in [0, 0.05) is 25.2 Å². The van der Waals surface area contributed by atoms with Gasteiger partial charge in [-0.3, -0.25) is 10.1 Å². The van der Waals surface area contributed by atoms with E-state index in [1.165, 1.54) is 12.1 Å². The SMILES string of the molecule is O=C(C(NCc1cccc(F)c1F)c1ccccc1)N1CCOCC1. The Balaban J connectivity index is 1.79. The molecule has 1 fully saturated rings. The second-order valence-corrected chi connectivity index (χ2v) is 5.88. The third-order valence-corrected chi connectivity index (χ3v) is 4.23. The topological polar surface area (TPSA) is 41.6 Å². The first-order chi connectivity index (χ1) is 12.2. The third-order valence-electron chi connectivity index (χ3n) is 4.23. The molecule has 0 spiro atoms. The summed E-state index contributed by atoms with van der Waals surface area (Å²) in [5.41, 5.74) is 0.978. The summed E-state index contributed by atoms with van der Waals surface area (Å²) in [5, 5.41) is 3.08. The van der Waals surface area contributed by atoms with E-state index in [2.05, 4.69) is 5.32 Å². The first-order valence-electron chi connectivity index (χ1n) is 8.24.